The number of hydrogen-bond acceptors (Lipinski definition) is 3. The van der Waals surface area contributed by atoms with Gasteiger partial charge in [0.15, 0.2) is 0 Å². The van der Waals surface area contributed by atoms with E-state index in [0.717, 1.165) is 0 Å². The Morgan fingerprint density at radius 1 is 1.47 bits per heavy atom. The highest BCUT2D eigenvalue weighted by atomic mass is 16.5. The smallest absolute Gasteiger partial charge is 0.225 e. The van der Waals surface area contributed by atoms with Gasteiger partial charge in [-0.25, -0.2) is 0 Å². The monoisotopic (exact) mass is 214 g/mol. The number of amides is 1. The van der Waals surface area contributed by atoms with Crippen molar-refractivity contribution in [3.05, 3.63) is 10.4 Å². The number of nitrogens with one attached hydrogen (secondary N) is 1. The van der Waals surface area contributed by atoms with Crippen LogP contribution in [0.5, 0.6) is 0 Å². The molecule has 0 radical (unpaired) electrons. The molecule has 0 unspecified atom stereocenters. The van der Waals surface area contributed by atoms with Gasteiger partial charge in [-0.15, -0.1) is 0 Å². The van der Waals surface area contributed by atoms with Crippen molar-refractivity contribution in [1.82, 2.24) is 5.32 Å². The molecule has 0 aliphatic rings. The summed E-state index contributed by atoms with van der Waals surface area (Å²) in [4.78, 5) is 14.0. The lowest BCUT2D eigenvalue weighted by atomic mass is 9.96. The summed E-state index contributed by atoms with van der Waals surface area (Å²) in [7, 11) is 0. The number of ether oxygens (including phenoxy) is 1. The third kappa shape index (κ3) is 7.78. The van der Waals surface area contributed by atoms with E-state index in [9.17, 15) is 4.79 Å². The van der Waals surface area contributed by atoms with Gasteiger partial charge < -0.3 is 10.1 Å². The predicted octanol–water partition coefficient (Wildman–Crippen LogP) is 1.48. The molecule has 0 aromatic carbocycles. The van der Waals surface area contributed by atoms with Crippen LogP contribution in [0.25, 0.3) is 10.4 Å². The fourth-order valence-electron chi connectivity index (χ4n) is 0.754. The molecular formula is C9H18N4O2. The summed E-state index contributed by atoms with van der Waals surface area (Å²) in [6, 6.07) is 0. The molecule has 1 amide bonds. The molecule has 0 aliphatic heterocycles. The van der Waals surface area contributed by atoms with Crippen LogP contribution in [0.4, 0.5) is 0 Å². The van der Waals surface area contributed by atoms with Crippen LogP contribution in [0.3, 0.4) is 0 Å². The van der Waals surface area contributed by atoms with Gasteiger partial charge in [0.05, 0.1) is 13.2 Å². The van der Waals surface area contributed by atoms with Crippen LogP contribution < -0.4 is 5.32 Å². The zero-order chi connectivity index (χ0) is 11.7. The lowest BCUT2D eigenvalue weighted by molar-refractivity contribution is -0.128. The van der Waals surface area contributed by atoms with Crippen LogP contribution >= 0.6 is 0 Å². The van der Waals surface area contributed by atoms with E-state index in [0.29, 0.717) is 26.3 Å². The fourth-order valence-corrected chi connectivity index (χ4v) is 0.754. The molecule has 0 fully saturated rings. The largest absolute Gasteiger partial charge is 0.379 e. The van der Waals surface area contributed by atoms with E-state index in [2.05, 4.69) is 15.3 Å². The highest BCUT2D eigenvalue weighted by Crippen LogP contribution is 2.11. The Kier molecular flexibility index (Phi) is 6.49. The second-order valence-corrected chi connectivity index (χ2v) is 4.07. The van der Waals surface area contributed by atoms with Crippen LogP contribution in [-0.2, 0) is 9.53 Å². The summed E-state index contributed by atoms with van der Waals surface area (Å²) < 4.78 is 5.12. The van der Waals surface area contributed by atoms with Gasteiger partial charge in [-0.2, -0.15) is 0 Å². The Balaban J connectivity index is 3.39. The van der Waals surface area contributed by atoms with E-state index >= 15 is 0 Å². The topological polar surface area (TPSA) is 87.1 Å². The Labute approximate surface area is 89.6 Å². The summed E-state index contributed by atoms with van der Waals surface area (Å²) in [5, 5.41) is 6.06. The zero-order valence-corrected chi connectivity index (χ0v) is 9.49. The number of hydrogen-bond donors (Lipinski definition) is 1. The van der Waals surface area contributed by atoms with Crippen molar-refractivity contribution in [2.24, 2.45) is 10.5 Å². The van der Waals surface area contributed by atoms with Gasteiger partial charge in [0.1, 0.15) is 0 Å². The van der Waals surface area contributed by atoms with E-state index in [4.69, 9.17) is 10.3 Å². The summed E-state index contributed by atoms with van der Waals surface area (Å²) in [5.41, 5.74) is 7.61. The van der Waals surface area contributed by atoms with Crippen molar-refractivity contribution in [3.63, 3.8) is 0 Å². The summed E-state index contributed by atoms with van der Waals surface area (Å²) in [5.74, 6) is 0.00106. The van der Waals surface area contributed by atoms with Crippen molar-refractivity contribution in [2.75, 3.05) is 26.3 Å². The zero-order valence-electron chi connectivity index (χ0n) is 9.49. The molecule has 0 aromatic rings. The minimum Gasteiger partial charge on any atom is -0.379 e. The number of azide groups is 1. The average molecular weight is 214 g/mol. The Morgan fingerprint density at radius 3 is 2.67 bits per heavy atom. The summed E-state index contributed by atoms with van der Waals surface area (Å²) in [6.07, 6.45) is 0. The standard InChI is InChI=1S/C9H18N4O2/c1-9(2,3)8(14)11-4-6-15-7-5-12-13-10/h4-7H2,1-3H3,(H,11,14). The first-order valence-electron chi connectivity index (χ1n) is 4.85. The molecule has 86 valence electrons. The van der Waals surface area contributed by atoms with Crippen molar-refractivity contribution in [3.8, 4) is 0 Å². The quantitative estimate of drug-likeness (QED) is 0.314. The van der Waals surface area contributed by atoms with Gasteiger partial charge >= 0.3 is 0 Å². The maximum atomic E-state index is 11.4. The predicted molar refractivity (Wildman–Crippen MR) is 57.3 cm³/mol. The second-order valence-electron chi connectivity index (χ2n) is 4.07. The molecule has 0 heterocycles. The summed E-state index contributed by atoms with van der Waals surface area (Å²) in [6.45, 7) is 7.18. The minimum absolute atomic E-state index is 0.00106. The van der Waals surface area contributed by atoms with Crippen LogP contribution in [-0.4, -0.2) is 32.2 Å². The third-order valence-corrected chi connectivity index (χ3v) is 1.61. The van der Waals surface area contributed by atoms with E-state index in [1.165, 1.54) is 0 Å². The van der Waals surface area contributed by atoms with Crippen LogP contribution in [0.2, 0.25) is 0 Å². The van der Waals surface area contributed by atoms with Crippen molar-refractivity contribution >= 4 is 5.91 Å². The molecule has 15 heavy (non-hydrogen) atoms. The Hall–Kier alpha value is -1.26. The second kappa shape index (κ2) is 7.09. The normalized spacial score (nSPS) is 10.6. The van der Waals surface area contributed by atoms with Crippen molar-refractivity contribution in [1.29, 1.82) is 0 Å². The molecule has 6 heteroatoms. The fraction of sp³-hybridized carbons (Fsp3) is 0.889. The van der Waals surface area contributed by atoms with E-state index in [1.54, 1.807) is 0 Å². The molecular weight excluding hydrogens is 196 g/mol. The van der Waals surface area contributed by atoms with E-state index < -0.39 is 0 Å². The molecule has 0 bridgehead atoms. The number of carbonyl (C=O) groups is 1. The molecule has 0 rings (SSSR count). The van der Waals surface area contributed by atoms with Gasteiger partial charge in [0.25, 0.3) is 0 Å². The van der Waals surface area contributed by atoms with Crippen molar-refractivity contribution < 1.29 is 9.53 Å². The average Bonchev–Trinajstić information content (AvgIpc) is 2.14. The lowest BCUT2D eigenvalue weighted by Gasteiger charge is -2.17. The van der Waals surface area contributed by atoms with Crippen molar-refractivity contribution in [2.45, 2.75) is 20.8 Å². The van der Waals surface area contributed by atoms with E-state index in [1.807, 2.05) is 20.8 Å². The van der Waals surface area contributed by atoms with Gasteiger partial charge in [-0.05, 0) is 5.53 Å². The first-order chi connectivity index (χ1) is 6.98. The van der Waals surface area contributed by atoms with Gasteiger partial charge in [0.2, 0.25) is 5.91 Å². The molecule has 1 N–H and O–H groups in total. The van der Waals surface area contributed by atoms with Crippen LogP contribution in [0.15, 0.2) is 5.11 Å². The first-order valence-corrected chi connectivity index (χ1v) is 4.85. The van der Waals surface area contributed by atoms with Crippen LogP contribution in [0, 0.1) is 5.41 Å². The van der Waals surface area contributed by atoms with Gasteiger partial charge in [-0.1, -0.05) is 25.9 Å². The maximum absolute atomic E-state index is 11.4. The molecule has 6 nitrogen and oxygen atoms in total. The van der Waals surface area contributed by atoms with Crippen LogP contribution in [0.1, 0.15) is 20.8 Å². The molecule has 0 saturated carbocycles. The number of nitrogens with zero attached hydrogens (tertiary/aromatic N) is 3. The number of carbonyl (C=O) groups excluding carboxylic acids is 1. The molecule has 0 spiro atoms. The summed E-state index contributed by atoms with van der Waals surface area (Å²) >= 11 is 0. The Morgan fingerprint density at radius 2 is 2.13 bits per heavy atom. The highest BCUT2D eigenvalue weighted by Gasteiger charge is 2.19. The lowest BCUT2D eigenvalue weighted by Crippen LogP contribution is -2.36. The highest BCUT2D eigenvalue weighted by molar-refractivity contribution is 5.81. The van der Waals surface area contributed by atoms with E-state index in [-0.39, 0.29) is 11.3 Å². The number of rotatable bonds is 6. The third-order valence-electron chi connectivity index (χ3n) is 1.61. The molecule has 0 atom stereocenters. The molecule has 0 aromatic heterocycles. The molecule has 0 aliphatic carbocycles. The SMILES string of the molecule is CC(C)(C)C(=O)NCCOCCN=[N+]=[N-]. The van der Waals surface area contributed by atoms with Gasteiger partial charge in [-0.3, -0.25) is 4.79 Å². The minimum atomic E-state index is -0.370. The molecule has 0 saturated heterocycles. The Bertz CT molecular complexity index is 241. The first kappa shape index (κ1) is 13.7. The van der Waals surface area contributed by atoms with Gasteiger partial charge in [0, 0.05) is 23.4 Å². The maximum Gasteiger partial charge on any atom is 0.225 e.